The molecule has 32 heavy (non-hydrogen) atoms. The van der Waals surface area contributed by atoms with Gasteiger partial charge < -0.3 is 15.1 Å². The van der Waals surface area contributed by atoms with Crippen molar-refractivity contribution in [1.82, 2.24) is 9.97 Å². The molecule has 0 fully saturated rings. The molecule has 0 aliphatic rings. The fraction of sp³-hybridized carbons (Fsp3) is 0.100. The quantitative estimate of drug-likeness (QED) is 0.244. The van der Waals surface area contributed by atoms with Crippen LogP contribution in [0.1, 0.15) is 12.0 Å². The van der Waals surface area contributed by atoms with Crippen molar-refractivity contribution in [3.8, 4) is 0 Å². The Bertz CT molecular complexity index is 1540. The van der Waals surface area contributed by atoms with Crippen LogP contribution in [-0.2, 0) is 21.2 Å². The van der Waals surface area contributed by atoms with Crippen LogP contribution >= 0.6 is 0 Å². The molecule has 0 saturated carbocycles. The minimum atomic E-state index is -4.03. The van der Waals surface area contributed by atoms with E-state index >= 15 is 0 Å². The Balaban J connectivity index is 1.77. The number of aliphatic carboxylic acids is 1. The number of benzene rings is 2. The van der Waals surface area contributed by atoms with Gasteiger partial charge in [-0.3, -0.25) is 24.4 Å². The van der Waals surface area contributed by atoms with E-state index in [1.54, 1.807) is 6.20 Å². The molecule has 12 heteroatoms. The minimum Gasteiger partial charge on any atom is -0.481 e. The number of sulfonamides is 1. The number of fused-ring (bicyclic) bond motifs is 3. The summed E-state index contributed by atoms with van der Waals surface area (Å²) < 4.78 is 27.9. The van der Waals surface area contributed by atoms with E-state index in [4.69, 9.17) is 5.11 Å². The van der Waals surface area contributed by atoms with Crippen molar-refractivity contribution in [3.05, 3.63) is 74.7 Å². The Kier molecular flexibility index (Phi) is 5.14. The van der Waals surface area contributed by atoms with Crippen LogP contribution < -0.4 is 10.3 Å². The zero-order valence-corrected chi connectivity index (χ0v) is 17.1. The predicted octanol–water partition coefficient (Wildman–Crippen LogP) is 2.74. The van der Waals surface area contributed by atoms with E-state index in [1.165, 1.54) is 18.2 Å². The molecule has 0 unspecified atom stereocenters. The first-order valence-corrected chi connectivity index (χ1v) is 10.8. The Labute approximate surface area is 179 Å². The molecule has 4 aromatic rings. The zero-order chi connectivity index (χ0) is 23.0. The van der Waals surface area contributed by atoms with Crippen LogP contribution in [0.4, 0.5) is 11.4 Å². The molecule has 2 aromatic heterocycles. The maximum Gasteiger partial charge on any atom is 0.303 e. The van der Waals surface area contributed by atoms with Crippen LogP contribution in [0.2, 0.25) is 0 Å². The third-order valence-corrected chi connectivity index (χ3v) is 6.34. The molecule has 2 aromatic carbocycles. The van der Waals surface area contributed by atoms with Gasteiger partial charge in [0.25, 0.3) is 21.3 Å². The predicted molar refractivity (Wildman–Crippen MR) is 116 cm³/mol. The Morgan fingerprint density at radius 3 is 2.53 bits per heavy atom. The standard InChI is InChI=1S/C20H16N4O7S/c25-17(26)8-1-11-10-21-19-18(11)15-9-12(2-7-16(15)22-20(19)27)23-32(30,31)14-5-3-13(4-6-14)24(28)29/h2-7,9-10,21,23H,1,8H2,(H,22,27)(H,25,26). The number of nitrogens with zero attached hydrogens (tertiary/aromatic N) is 1. The number of carboxylic acid groups (broad SMARTS) is 1. The van der Waals surface area contributed by atoms with E-state index in [0.29, 0.717) is 21.9 Å². The summed E-state index contributed by atoms with van der Waals surface area (Å²) in [6.45, 7) is 0. The van der Waals surface area contributed by atoms with Crippen molar-refractivity contribution >= 4 is 49.2 Å². The molecule has 11 nitrogen and oxygen atoms in total. The maximum absolute atomic E-state index is 12.7. The number of hydrogen-bond donors (Lipinski definition) is 4. The van der Waals surface area contributed by atoms with Crippen LogP contribution in [0.5, 0.6) is 0 Å². The molecule has 0 radical (unpaired) electrons. The summed E-state index contributed by atoms with van der Waals surface area (Å²) in [5.41, 5.74) is 0.921. The molecular formula is C20H16N4O7S. The lowest BCUT2D eigenvalue weighted by molar-refractivity contribution is -0.384. The third kappa shape index (κ3) is 3.90. The van der Waals surface area contributed by atoms with Crippen molar-refractivity contribution in [2.45, 2.75) is 17.7 Å². The monoisotopic (exact) mass is 456 g/mol. The molecule has 164 valence electrons. The van der Waals surface area contributed by atoms with Gasteiger partial charge in [0.05, 0.1) is 9.82 Å². The molecule has 0 aliphatic heterocycles. The highest BCUT2D eigenvalue weighted by atomic mass is 32.2. The number of aromatic amines is 2. The molecule has 0 spiro atoms. The SMILES string of the molecule is O=C(O)CCc1c[nH]c2c(=O)[nH]c3ccc(NS(=O)(=O)c4ccc([N+](=O)[O-])cc4)cc3c12. The summed E-state index contributed by atoms with van der Waals surface area (Å²) in [6, 6.07) is 9.00. The van der Waals surface area contributed by atoms with Gasteiger partial charge in [-0.05, 0) is 42.3 Å². The van der Waals surface area contributed by atoms with E-state index in [-0.39, 0.29) is 40.2 Å². The highest BCUT2D eigenvalue weighted by molar-refractivity contribution is 7.92. The molecule has 4 N–H and O–H groups in total. The van der Waals surface area contributed by atoms with E-state index in [0.717, 1.165) is 24.3 Å². The number of carboxylic acids is 1. The fourth-order valence-corrected chi connectivity index (χ4v) is 4.51. The largest absolute Gasteiger partial charge is 0.481 e. The zero-order valence-electron chi connectivity index (χ0n) is 16.3. The number of anilines is 1. The first-order valence-electron chi connectivity index (χ1n) is 9.31. The lowest BCUT2D eigenvalue weighted by Gasteiger charge is -2.10. The highest BCUT2D eigenvalue weighted by Gasteiger charge is 2.18. The number of carbonyl (C=O) groups is 1. The smallest absolute Gasteiger partial charge is 0.303 e. The summed E-state index contributed by atoms with van der Waals surface area (Å²) in [5, 5.41) is 20.8. The highest BCUT2D eigenvalue weighted by Crippen LogP contribution is 2.29. The first kappa shape index (κ1) is 21.1. The van der Waals surface area contributed by atoms with Gasteiger partial charge in [0.15, 0.2) is 0 Å². The number of hydrogen-bond acceptors (Lipinski definition) is 6. The van der Waals surface area contributed by atoms with Gasteiger partial charge in [0.1, 0.15) is 5.52 Å². The van der Waals surface area contributed by atoms with Gasteiger partial charge >= 0.3 is 5.97 Å². The van der Waals surface area contributed by atoms with Crippen LogP contribution in [0, 0.1) is 10.1 Å². The van der Waals surface area contributed by atoms with E-state index in [1.807, 2.05) is 0 Å². The number of aryl methyl sites for hydroxylation is 1. The summed E-state index contributed by atoms with van der Waals surface area (Å²) in [6.07, 6.45) is 1.62. The number of H-pyrrole nitrogens is 2. The topological polar surface area (TPSA) is 175 Å². The Morgan fingerprint density at radius 2 is 1.88 bits per heavy atom. The van der Waals surface area contributed by atoms with Crippen LogP contribution in [-0.4, -0.2) is 34.4 Å². The number of nitro groups is 1. The first-order chi connectivity index (χ1) is 15.2. The van der Waals surface area contributed by atoms with E-state index < -0.39 is 20.9 Å². The molecular weight excluding hydrogens is 440 g/mol. The number of non-ortho nitro benzene ring substituents is 1. The van der Waals surface area contributed by atoms with E-state index in [2.05, 4.69) is 14.7 Å². The molecule has 0 bridgehead atoms. The summed E-state index contributed by atoms with van der Waals surface area (Å²) in [7, 11) is -4.03. The number of aromatic nitrogens is 2. The molecule has 2 heterocycles. The summed E-state index contributed by atoms with van der Waals surface area (Å²) in [5.74, 6) is -0.981. The maximum atomic E-state index is 12.7. The lowest BCUT2D eigenvalue weighted by Crippen LogP contribution is -2.13. The van der Waals surface area contributed by atoms with Gasteiger partial charge in [0, 0.05) is 46.7 Å². The summed E-state index contributed by atoms with van der Waals surface area (Å²) in [4.78, 5) is 38.9. The second-order valence-electron chi connectivity index (χ2n) is 7.03. The van der Waals surface area contributed by atoms with Gasteiger partial charge in [-0.1, -0.05) is 0 Å². The Morgan fingerprint density at radius 1 is 1.16 bits per heavy atom. The average molecular weight is 456 g/mol. The third-order valence-electron chi connectivity index (χ3n) is 4.94. The van der Waals surface area contributed by atoms with Crippen molar-refractivity contribution < 1.29 is 23.2 Å². The van der Waals surface area contributed by atoms with Crippen LogP contribution in [0.3, 0.4) is 0 Å². The second kappa shape index (κ2) is 7.81. The van der Waals surface area contributed by atoms with Crippen molar-refractivity contribution in [2.24, 2.45) is 0 Å². The number of pyridine rings is 1. The number of nitrogens with one attached hydrogen (secondary N) is 3. The normalized spacial score (nSPS) is 11.6. The number of nitro benzene ring substituents is 1. The van der Waals surface area contributed by atoms with Gasteiger partial charge in [-0.15, -0.1) is 0 Å². The Hall–Kier alpha value is -4.19. The average Bonchev–Trinajstić information content (AvgIpc) is 3.17. The van der Waals surface area contributed by atoms with Crippen molar-refractivity contribution in [3.63, 3.8) is 0 Å². The van der Waals surface area contributed by atoms with Gasteiger partial charge in [-0.2, -0.15) is 0 Å². The van der Waals surface area contributed by atoms with Crippen molar-refractivity contribution in [2.75, 3.05) is 4.72 Å². The van der Waals surface area contributed by atoms with Gasteiger partial charge in [0.2, 0.25) is 0 Å². The summed E-state index contributed by atoms with van der Waals surface area (Å²) >= 11 is 0. The van der Waals surface area contributed by atoms with Crippen LogP contribution in [0.25, 0.3) is 21.8 Å². The van der Waals surface area contributed by atoms with Crippen molar-refractivity contribution in [1.29, 1.82) is 0 Å². The van der Waals surface area contributed by atoms with Crippen LogP contribution in [0.15, 0.2) is 58.4 Å². The molecule has 0 aliphatic carbocycles. The van der Waals surface area contributed by atoms with Gasteiger partial charge in [-0.25, -0.2) is 8.42 Å². The second-order valence-corrected chi connectivity index (χ2v) is 8.71. The fourth-order valence-electron chi connectivity index (χ4n) is 3.46. The minimum absolute atomic E-state index is 0.131. The molecule has 0 atom stereocenters. The van der Waals surface area contributed by atoms with E-state index in [9.17, 15) is 28.1 Å². The molecule has 0 amide bonds. The molecule has 0 saturated heterocycles. The lowest BCUT2D eigenvalue weighted by atomic mass is 10.0. The number of rotatable bonds is 7. The molecule has 4 rings (SSSR count).